The molecule has 0 aromatic heterocycles. The van der Waals surface area contributed by atoms with Crippen molar-refractivity contribution in [2.45, 2.75) is 133 Å². The Bertz CT molecular complexity index is 1820. The SMILES string of the molecule is CC(C)C[C@@H]1NC(=O)[C@@H](Cc2ccccc2)NC(=O)[C@H](CCN)NC(=O)[C@@H](NC(=O)[C@@H](CO)NC(=O)[C@@H](N)[C@@H](C)O)CCNC(=O)[C@H]([C@@H](C)O)NC(=O)[C@H](CCN)NC(=O)[C@H](CCN)NC1=O. The number of carbonyl (C=O) groups excluding carboxylic acids is 9. The first-order chi connectivity index (χ1) is 31.7. The van der Waals surface area contributed by atoms with Gasteiger partial charge in [-0.25, -0.2) is 0 Å². The predicted molar refractivity (Wildman–Crippen MR) is 242 cm³/mol. The van der Waals surface area contributed by atoms with Gasteiger partial charge in [0.15, 0.2) is 0 Å². The lowest BCUT2D eigenvalue weighted by atomic mass is 10.00. The van der Waals surface area contributed by atoms with E-state index in [4.69, 9.17) is 22.9 Å². The molecule has 25 heteroatoms. The van der Waals surface area contributed by atoms with Gasteiger partial charge in [-0.15, -0.1) is 0 Å². The summed E-state index contributed by atoms with van der Waals surface area (Å²) in [6, 6.07) is -4.76. The standard InChI is InChI=1S/C42H71N13O12/c1-21(2)18-29-38(63)50-25(10-14-43)34(59)49-27(12-16-45)37(62)55-33(23(4)58)42(67)47-17-13-28(51-40(65)31(20-56)54-41(66)32(46)22(3)57)36(61)48-26(11-15-44)35(60)53-30(39(64)52-29)19-24-8-6-5-7-9-24/h5-9,21-23,25-33,56-58H,10-20,43-46H2,1-4H3,(H,47,67)(H,48,61)(H,49,59)(H,50,63)(H,51,65)(H,52,64)(H,53,60)(H,54,66)(H,55,62)/t22-,23-,25+,26+,27+,28+,29+,30-,31-,32+,33+/m1/s1. The van der Waals surface area contributed by atoms with Crippen molar-refractivity contribution >= 4 is 53.2 Å². The van der Waals surface area contributed by atoms with Crippen LogP contribution < -0.4 is 70.8 Å². The van der Waals surface area contributed by atoms with Gasteiger partial charge in [0, 0.05) is 13.0 Å². The first kappa shape index (κ1) is 57.3. The summed E-state index contributed by atoms with van der Waals surface area (Å²) >= 11 is 0. The summed E-state index contributed by atoms with van der Waals surface area (Å²) in [5.41, 5.74) is 23.7. The largest absolute Gasteiger partial charge is 0.394 e. The Morgan fingerprint density at radius 3 is 1.60 bits per heavy atom. The lowest BCUT2D eigenvalue weighted by molar-refractivity contribution is -0.136. The average Bonchev–Trinajstić information content (AvgIpc) is 3.27. The molecule has 1 saturated heterocycles. The fourth-order valence-corrected chi connectivity index (χ4v) is 6.76. The molecule has 1 fully saturated rings. The Morgan fingerprint density at radius 1 is 0.657 bits per heavy atom. The zero-order valence-electron chi connectivity index (χ0n) is 38.4. The summed E-state index contributed by atoms with van der Waals surface area (Å²) in [5, 5.41) is 52.7. The van der Waals surface area contributed by atoms with Gasteiger partial charge in [0.05, 0.1) is 18.8 Å². The smallest absolute Gasteiger partial charge is 0.245 e. The van der Waals surface area contributed by atoms with Crippen molar-refractivity contribution in [3.63, 3.8) is 0 Å². The second kappa shape index (κ2) is 29.0. The van der Waals surface area contributed by atoms with Crippen LogP contribution >= 0.6 is 0 Å². The minimum absolute atomic E-state index is 0.0642. The van der Waals surface area contributed by atoms with E-state index in [9.17, 15) is 58.5 Å². The monoisotopic (exact) mass is 950 g/mol. The van der Waals surface area contributed by atoms with Crippen LogP contribution in [-0.4, -0.2) is 168 Å². The number of aliphatic hydroxyl groups is 3. The molecule has 0 unspecified atom stereocenters. The molecule has 0 spiro atoms. The van der Waals surface area contributed by atoms with Crippen LogP contribution in [0.2, 0.25) is 0 Å². The maximum Gasteiger partial charge on any atom is 0.245 e. The van der Waals surface area contributed by atoms with E-state index in [1.165, 1.54) is 13.8 Å². The van der Waals surface area contributed by atoms with Crippen LogP contribution in [0.3, 0.4) is 0 Å². The zero-order valence-corrected chi connectivity index (χ0v) is 38.4. The van der Waals surface area contributed by atoms with Crippen molar-refractivity contribution in [1.29, 1.82) is 0 Å². The minimum Gasteiger partial charge on any atom is -0.394 e. The van der Waals surface area contributed by atoms with Crippen molar-refractivity contribution in [3.05, 3.63) is 35.9 Å². The van der Waals surface area contributed by atoms with Crippen LogP contribution in [-0.2, 0) is 49.6 Å². The molecule has 1 aromatic carbocycles. The highest BCUT2D eigenvalue weighted by Gasteiger charge is 2.36. The number of carbonyl (C=O) groups is 9. The van der Waals surface area contributed by atoms with Crippen LogP contribution in [0.25, 0.3) is 0 Å². The van der Waals surface area contributed by atoms with Crippen molar-refractivity contribution in [2.75, 3.05) is 32.8 Å². The Balaban J connectivity index is 2.72. The van der Waals surface area contributed by atoms with Gasteiger partial charge in [-0.05, 0) is 77.1 Å². The van der Waals surface area contributed by atoms with E-state index in [1.807, 2.05) is 0 Å². The highest BCUT2D eigenvalue weighted by Crippen LogP contribution is 2.11. The lowest BCUT2D eigenvalue weighted by Gasteiger charge is -2.28. The number of hydrogen-bond acceptors (Lipinski definition) is 16. The molecule has 1 aliphatic heterocycles. The number of nitrogens with one attached hydrogen (secondary N) is 9. The number of hydrogen-bond donors (Lipinski definition) is 16. The summed E-state index contributed by atoms with van der Waals surface area (Å²) in [5.74, 6) is -8.61. The van der Waals surface area contributed by atoms with Crippen LogP contribution in [0, 0.1) is 5.92 Å². The first-order valence-electron chi connectivity index (χ1n) is 22.2. The third-order valence-electron chi connectivity index (χ3n) is 10.6. The normalized spacial score (nSPS) is 25.1. The molecule has 0 saturated carbocycles. The molecule has 0 bridgehead atoms. The van der Waals surface area contributed by atoms with E-state index >= 15 is 0 Å². The Hall–Kier alpha value is -5.83. The van der Waals surface area contributed by atoms with Gasteiger partial charge in [-0.1, -0.05) is 44.2 Å². The molecule has 67 heavy (non-hydrogen) atoms. The van der Waals surface area contributed by atoms with Gasteiger partial charge in [0.25, 0.3) is 0 Å². The molecule has 20 N–H and O–H groups in total. The van der Waals surface area contributed by atoms with Gasteiger partial charge < -0.3 is 86.1 Å². The number of amides is 9. The molecule has 2 rings (SSSR count). The Labute approximate surface area is 389 Å². The van der Waals surface area contributed by atoms with Gasteiger partial charge >= 0.3 is 0 Å². The van der Waals surface area contributed by atoms with Gasteiger partial charge in [0.2, 0.25) is 53.2 Å². The minimum atomic E-state index is -1.71. The highest BCUT2D eigenvalue weighted by molar-refractivity contribution is 5.98. The summed E-state index contributed by atoms with van der Waals surface area (Å²) in [6.45, 7) is 4.18. The van der Waals surface area contributed by atoms with Crippen LogP contribution in [0.15, 0.2) is 30.3 Å². The number of aliphatic hydroxyl groups excluding tert-OH is 3. The summed E-state index contributed by atoms with van der Waals surface area (Å²) in [4.78, 5) is 123. The van der Waals surface area contributed by atoms with E-state index in [1.54, 1.807) is 44.2 Å². The molecular weight excluding hydrogens is 879 g/mol. The van der Waals surface area contributed by atoms with Gasteiger partial charge in [-0.2, -0.15) is 0 Å². The van der Waals surface area contributed by atoms with Gasteiger partial charge in [0.1, 0.15) is 54.4 Å². The summed E-state index contributed by atoms with van der Waals surface area (Å²) in [6.07, 6.45) is -3.82. The molecule has 1 heterocycles. The van der Waals surface area contributed by atoms with Crippen LogP contribution in [0.4, 0.5) is 0 Å². The van der Waals surface area contributed by atoms with E-state index in [-0.39, 0.29) is 57.7 Å². The molecule has 376 valence electrons. The third-order valence-corrected chi connectivity index (χ3v) is 10.6. The number of nitrogens with two attached hydrogens (primary N) is 4. The maximum absolute atomic E-state index is 14.2. The molecule has 0 radical (unpaired) electrons. The third kappa shape index (κ3) is 19.1. The van der Waals surface area contributed by atoms with Crippen molar-refractivity contribution < 1.29 is 58.5 Å². The fourth-order valence-electron chi connectivity index (χ4n) is 6.76. The molecule has 11 atom stereocenters. The van der Waals surface area contributed by atoms with Crippen LogP contribution in [0.5, 0.6) is 0 Å². The lowest BCUT2D eigenvalue weighted by Crippen LogP contribution is -2.61. The quantitative estimate of drug-likeness (QED) is 0.0690. The Kier molecular flexibility index (Phi) is 24.8. The van der Waals surface area contributed by atoms with Crippen molar-refractivity contribution in [3.8, 4) is 0 Å². The van der Waals surface area contributed by atoms with E-state index in [0.717, 1.165) is 0 Å². The summed E-state index contributed by atoms with van der Waals surface area (Å²) in [7, 11) is 0. The molecule has 0 aliphatic carbocycles. The van der Waals surface area contributed by atoms with Crippen LogP contribution in [0.1, 0.15) is 65.4 Å². The molecule has 9 amide bonds. The van der Waals surface area contributed by atoms with Crippen molar-refractivity contribution in [2.24, 2.45) is 28.9 Å². The average molecular weight is 950 g/mol. The highest BCUT2D eigenvalue weighted by atomic mass is 16.3. The topological polar surface area (TPSA) is 427 Å². The van der Waals surface area contributed by atoms with E-state index in [0.29, 0.717) is 5.56 Å². The molecule has 1 aliphatic rings. The van der Waals surface area contributed by atoms with E-state index in [2.05, 4.69) is 47.9 Å². The number of benzene rings is 1. The second-order valence-corrected chi connectivity index (χ2v) is 16.7. The molecular formula is C42H71N13O12. The van der Waals surface area contributed by atoms with Crippen molar-refractivity contribution in [1.82, 2.24) is 47.9 Å². The predicted octanol–water partition coefficient (Wildman–Crippen LogP) is -7.20. The Morgan fingerprint density at radius 2 is 1.12 bits per heavy atom. The maximum atomic E-state index is 14.2. The fraction of sp³-hybridized carbons (Fsp3) is 0.643. The zero-order chi connectivity index (χ0) is 50.4. The summed E-state index contributed by atoms with van der Waals surface area (Å²) < 4.78 is 0. The molecule has 25 nitrogen and oxygen atoms in total. The second-order valence-electron chi connectivity index (χ2n) is 16.7. The van der Waals surface area contributed by atoms with Gasteiger partial charge in [-0.3, -0.25) is 43.2 Å². The number of rotatable bonds is 17. The van der Waals surface area contributed by atoms with E-state index < -0.39 is 139 Å². The first-order valence-corrected chi connectivity index (χ1v) is 22.2. The molecule has 1 aromatic rings.